The first kappa shape index (κ1) is 16.3. The van der Waals surface area contributed by atoms with Gasteiger partial charge in [-0.1, -0.05) is 6.07 Å². The van der Waals surface area contributed by atoms with Crippen LogP contribution in [0.25, 0.3) is 28.2 Å². The molecule has 0 atom stereocenters. The molecule has 0 aliphatic heterocycles. The van der Waals surface area contributed by atoms with E-state index in [9.17, 15) is 4.39 Å². The molecule has 0 N–H and O–H groups in total. The molecule has 26 heavy (non-hydrogen) atoms. The molecule has 0 fully saturated rings. The Hall–Kier alpha value is -3.22. The molecule has 132 valence electrons. The van der Waals surface area contributed by atoms with E-state index in [0.717, 1.165) is 33.9 Å². The highest BCUT2D eigenvalue weighted by atomic mass is 19.1. The van der Waals surface area contributed by atoms with Gasteiger partial charge in [-0.25, -0.2) is 9.07 Å². The summed E-state index contributed by atoms with van der Waals surface area (Å²) in [4.78, 5) is 0. The summed E-state index contributed by atoms with van der Waals surface area (Å²) in [5.41, 5.74) is 6.25. The van der Waals surface area contributed by atoms with E-state index < -0.39 is 0 Å². The Kier molecular flexibility index (Phi) is 3.72. The van der Waals surface area contributed by atoms with Gasteiger partial charge in [0.05, 0.1) is 29.5 Å². The van der Waals surface area contributed by atoms with Crippen molar-refractivity contribution in [3.8, 4) is 28.2 Å². The summed E-state index contributed by atoms with van der Waals surface area (Å²) in [5, 5.41) is 13.4. The summed E-state index contributed by atoms with van der Waals surface area (Å²) in [7, 11) is 3.79. The third-order valence-electron chi connectivity index (χ3n) is 4.78. The number of halogens is 1. The largest absolute Gasteiger partial charge is 0.272 e. The monoisotopic (exact) mass is 350 g/mol. The minimum absolute atomic E-state index is 0.300. The van der Waals surface area contributed by atoms with Crippen molar-refractivity contribution in [2.45, 2.75) is 13.8 Å². The normalized spacial score (nSPS) is 11.3. The van der Waals surface area contributed by atoms with Crippen LogP contribution in [0.4, 0.5) is 4.39 Å². The number of benzene rings is 1. The molecule has 4 aromatic rings. The molecule has 0 unspecified atom stereocenters. The molecule has 7 heteroatoms. The average molecular weight is 350 g/mol. The summed E-state index contributed by atoms with van der Waals surface area (Å²) in [6, 6.07) is 8.42. The van der Waals surface area contributed by atoms with Crippen molar-refractivity contribution in [1.82, 2.24) is 29.3 Å². The molecular weight excluding hydrogens is 331 g/mol. The predicted molar refractivity (Wildman–Crippen MR) is 97.4 cm³/mol. The smallest absolute Gasteiger partial charge is 0.125 e. The predicted octanol–water partition coefficient (Wildman–Crippen LogP) is 3.43. The SMILES string of the molecule is Cc1c(-c2cc(-c3cnn(C)c3C)n(-c3cccc(F)c3)n2)cnn1C. The number of aryl methyl sites for hydroxylation is 2. The first-order valence-electron chi connectivity index (χ1n) is 8.29. The second-order valence-corrected chi connectivity index (χ2v) is 6.34. The average Bonchev–Trinajstić information content (AvgIpc) is 3.28. The maximum absolute atomic E-state index is 13.8. The Morgan fingerprint density at radius 1 is 0.885 bits per heavy atom. The highest BCUT2D eigenvalue weighted by Gasteiger charge is 2.19. The quantitative estimate of drug-likeness (QED) is 0.569. The second-order valence-electron chi connectivity index (χ2n) is 6.34. The molecule has 4 rings (SSSR count). The highest BCUT2D eigenvalue weighted by molar-refractivity contribution is 5.72. The minimum atomic E-state index is -0.300. The van der Waals surface area contributed by atoms with Crippen molar-refractivity contribution in [2.24, 2.45) is 14.1 Å². The second kappa shape index (κ2) is 5.94. The van der Waals surface area contributed by atoms with Gasteiger partial charge < -0.3 is 0 Å². The summed E-state index contributed by atoms with van der Waals surface area (Å²) in [6.07, 6.45) is 3.61. The van der Waals surface area contributed by atoms with Crippen LogP contribution < -0.4 is 0 Å². The van der Waals surface area contributed by atoms with Crippen molar-refractivity contribution in [1.29, 1.82) is 0 Å². The molecule has 6 nitrogen and oxygen atoms in total. The van der Waals surface area contributed by atoms with Crippen molar-refractivity contribution in [3.05, 3.63) is 59.9 Å². The topological polar surface area (TPSA) is 53.5 Å². The van der Waals surface area contributed by atoms with Crippen LogP contribution in [0.1, 0.15) is 11.4 Å². The van der Waals surface area contributed by atoms with Gasteiger partial charge in [-0.15, -0.1) is 0 Å². The first-order chi connectivity index (χ1) is 12.5. The lowest BCUT2D eigenvalue weighted by molar-refractivity contribution is 0.625. The van der Waals surface area contributed by atoms with Crippen LogP contribution in [0.15, 0.2) is 42.7 Å². The van der Waals surface area contributed by atoms with Crippen LogP contribution in [-0.2, 0) is 14.1 Å². The van der Waals surface area contributed by atoms with E-state index >= 15 is 0 Å². The van der Waals surface area contributed by atoms with Gasteiger partial charge in [-0.05, 0) is 38.1 Å². The maximum Gasteiger partial charge on any atom is 0.125 e. The lowest BCUT2D eigenvalue weighted by atomic mass is 10.1. The van der Waals surface area contributed by atoms with Crippen molar-refractivity contribution >= 4 is 0 Å². The number of hydrogen-bond acceptors (Lipinski definition) is 3. The van der Waals surface area contributed by atoms with Crippen molar-refractivity contribution < 1.29 is 4.39 Å². The van der Waals surface area contributed by atoms with Crippen LogP contribution >= 0.6 is 0 Å². The van der Waals surface area contributed by atoms with Gasteiger partial charge in [0.2, 0.25) is 0 Å². The minimum Gasteiger partial charge on any atom is -0.272 e. The Labute approximate surface area is 150 Å². The summed E-state index contributed by atoms with van der Waals surface area (Å²) in [6.45, 7) is 4.00. The Balaban J connectivity index is 1.96. The lowest BCUT2D eigenvalue weighted by Crippen LogP contribution is -2.01. The van der Waals surface area contributed by atoms with Gasteiger partial charge in [0.1, 0.15) is 5.82 Å². The molecule has 0 aliphatic carbocycles. The van der Waals surface area contributed by atoms with E-state index in [2.05, 4.69) is 10.2 Å². The van der Waals surface area contributed by atoms with Gasteiger partial charge in [0, 0.05) is 36.6 Å². The molecule has 0 bridgehead atoms. The standard InChI is InChI=1S/C19H19FN6/c1-12-16(10-21-24(12)3)18-9-19(17-11-22-25(4)13(17)2)26(23-18)15-7-5-6-14(20)8-15/h5-11H,1-4H3. The molecule has 3 heterocycles. The zero-order valence-corrected chi connectivity index (χ0v) is 15.1. The van der Waals surface area contributed by atoms with Crippen LogP contribution in [-0.4, -0.2) is 29.3 Å². The number of rotatable bonds is 3. The Morgan fingerprint density at radius 2 is 1.54 bits per heavy atom. The fourth-order valence-electron chi connectivity index (χ4n) is 3.01. The first-order valence-corrected chi connectivity index (χ1v) is 8.29. The van der Waals surface area contributed by atoms with Gasteiger partial charge in [-0.2, -0.15) is 15.3 Å². The fraction of sp³-hybridized carbons (Fsp3) is 0.211. The van der Waals surface area contributed by atoms with E-state index in [0.29, 0.717) is 5.69 Å². The molecule has 0 spiro atoms. The molecule has 3 aromatic heterocycles. The molecular formula is C19H19FN6. The van der Waals surface area contributed by atoms with E-state index in [1.807, 2.05) is 55.6 Å². The van der Waals surface area contributed by atoms with Crippen molar-refractivity contribution in [3.63, 3.8) is 0 Å². The molecule has 0 saturated carbocycles. The lowest BCUT2D eigenvalue weighted by Gasteiger charge is -2.07. The van der Waals surface area contributed by atoms with Crippen LogP contribution in [0, 0.1) is 19.7 Å². The maximum atomic E-state index is 13.8. The number of hydrogen-bond donors (Lipinski definition) is 0. The summed E-state index contributed by atoms with van der Waals surface area (Å²) >= 11 is 0. The molecule has 0 saturated heterocycles. The zero-order chi connectivity index (χ0) is 18.4. The Bertz CT molecular complexity index is 1100. The van der Waals surface area contributed by atoms with Crippen molar-refractivity contribution in [2.75, 3.05) is 0 Å². The van der Waals surface area contributed by atoms with Gasteiger partial charge >= 0.3 is 0 Å². The molecule has 1 aromatic carbocycles. The number of aromatic nitrogens is 6. The van der Waals surface area contributed by atoms with Gasteiger partial charge in [0.15, 0.2) is 0 Å². The van der Waals surface area contributed by atoms with Gasteiger partial charge in [-0.3, -0.25) is 9.36 Å². The zero-order valence-electron chi connectivity index (χ0n) is 15.1. The van der Waals surface area contributed by atoms with E-state index in [-0.39, 0.29) is 5.82 Å². The van der Waals surface area contributed by atoms with Crippen LogP contribution in [0.2, 0.25) is 0 Å². The van der Waals surface area contributed by atoms with E-state index in [1.165, 1.54) is 12.1 Å². The Morgan fingerprint density at radius 3 is 2.12 bits per heavy atom. The van der Waals surface area contributed by atoms with Gasteiger partial charge in [0.25, 0.3) is 0 Å². The third kappa shape index (κ3) is 2.52. The van der Waals surface area contributed by atoms with E-state index in [1.54, 1.807) is 16.9 Å². The third-order valence-corrected chi connectivity index (χ3v) is 4.78. The van der Waals surface area contributed by atoms with Crippen LogP contribution in [0.5, 0.6) is 0 Å². The molecule has 0 radical (unpaired) electrons. The highest BCUT2D eigenvalue weighted by Crippen LogP contribution is 2.31. The summed E-state index contributed by atoms with van der Waals surface area (Å²) < 4.78 is 19.2. The van der Waals surface area contributed by atoms with Crippen LogP contribution in [0.3, 0.4) is 0 Å². The molecule has 0 amide bonds. The summed E-state index contributed by atoms with van der Waals surface area (Å²) in [5.74, 6) is -0.300. The van der Waals surface area contributed by atoms with E-state index in [4.69, 9.17) is 5.10 Å². The fourth-order valence-corrected chi connectivity index (χ4v) is 3.01. The molecule has 0 aliphatic rings. The number of nitrogens with zero attached hydrogens (tertiary/aromatic N) is 6.